The molecule has 2 N–H and O–H groups in total. The van der Waals surface area contributed by atoms with Crippen molar-refractivity contribution in [3.63, 3.8) is 0 Å². The number of hydrogen-bond donors (Lipinski definition) is 2. The summed E-state index contributed by atoms with van der Waals surface area (Å²) in [6, 6.07) is 5.96. The molecule has 6 nitrogen and oxygen atoms in total. The quantitative estimate of drug-likeness (QED) is 0.861. The summed E-state index contributed by atoms with van der Waals surface area (Å²) >= 11 is 0. The van der Waals surface area contributed by atoms with E-state index in [0.717, 1.165) is 12.8 Å². The van der Waals surface area contributed by atoms with E-state index in [9.17, 15) is 14.4 Å². The Morgan fingerprint density at radius 2 is 1.76 bits per heavy atom. The van der Waals surface area contributed by atoms with Gasteiger partial charge in [0, 0.05) is 24.6 Å². The predicted octanol–water partition coefficient (Wildman–Crippen LogP) is 0.878. The number of carbonyl (C=O) groups is 3. The van der Waals surface area contributed by atoms with Gasteiger partial charge in [-0.05, 0) is 37.1 Å². The second-order valence-corrected chi connectivity index (χ2v) is 5.53. The van der Waals surface area contributed by atoms with Gasteiger partial charge in [-0.3, -0.25) is 9.59 Å². The molecule has 1 aliphatic heterocycles. The van der Waals surface area contributed by atoms with E-state index >= 15 is 0 Å². The van der Waals surface area contributed by atoms with Crippen LogP contribution in [0.4, 0.5) is 0 Å². The fourth-order valence-electron chi connectivity index (χ4n) is 2.60. The molecule has 1 aliphatic carbocycles. The summed E-state index contributed by atoms with van der Waals surface area (Å²) in [6.45, 7) is 0.572. The second-order valence-electron chi connectivity index (χ2n) is 5.53. The summed E-state index contributed by atoms with van der Waals surface area (Å²) in [5, 5.41) is 11.7. The first-order chi connectivity index (χ1) is 10.0. The summed E-state index contributed by atoms with van der Waals surface area (Å²) in [5.41, 5.74) is 0.542. The van der Waals surface area contributed by atoms with Gasteiger partial charge in [-0.15, -0.1) is 0 Å². The average Bonchev–Trinajstić information content (AvgIpc) is 3.23. The summed E-state index contributed by atoms with van der Waals surface area (Å²) in [4.78, 5) is 36.5. The molecule has 1 unspecified atom stereocenters. The van der Waals surface area contributed by atoms with Crippen molar-refractivity contribution in [2.24, 2.45) is 0 Å². The zero-order valence-corrected chi connectivity index (χ0v) is 11.4. The van der Waals surface area contributed by atoms with Crippen molar-refractivity contribution in [3.05, 3.63) is 35.4 Å². The van der Waals surface area contributed by atoms with Crippen molar-refractivity contribution in [1.82, 2.24) is 10.2 Å². The highest BCUT2D eigenvalue weighted by atomic mass is 16.4. The van der Waals surface area contributed by atoms with Crippen molar-refractivity contribution < 1.29 is 19.5 Å². The minimum Gasteiger partial charge on any atom is -0.478 e. The van der Waals surface area contributed by atoms with E-state index in [1.807, 2.05) is 4.90 Å². The van der Waals surface area contributed by atoms with Crippen molar-refractivity contribution in [2.45, 2.75) is 31.3 Å². The maximum Gasteiger partial charge on any atom is 0.335 e. The monoisotopic (exact) mass is 288 g/mol. The number of nitrogens with zero attached hydrogens (tertiary/aromatic N) is 1. The smallest absolute Gasteiger partial charge is 0.335 e. The van der Waals surface area contributed by atoms with Gasteiger partial charge in [0.25, 0.3) is 5.91 Å². The molecule has 2 aliphatic rings. The fourth-order valence-corrected chi connectivity index (χ4v) is 2.60. The van der Waals surface area contributed by atoms with Crippen LogP contribution >= 0.6 is 0 Å². The molecule has 1 aromatic rings. The van der Waals surface area contributed by atoms with Crippen LogP contribution in [0.2, 0.25) is 0 Å². The van der Waals surface area contributed by atoms with Crippen LogP contribution in [-0.2, 0) is 4.79 Å². The first-order valence-electron chi connectivity index (χ1n) is 6.98. The van der Waals surface area contributed by atoms with Gasteiger partial charge < -0.3 is 15.3 Å². The van der Waals surface area contributed by atoms with Gasteiger partial charge in [0.2, 0.25) is 5.91 Å². The van der Waals surface area contributed by atoms with Crippen LogP contribution in [0.25, 0.3) is 0 Å². The first-order valence-corrected chi connectivity index (χ1v) is 6.98. The summed E-state index contributed by atoms with van der Waals surface area (Å²) < 4.78 is 0. The molecule has 3 rings (SSSR count). The first kappa shape index (κ1) is 13.6. The molecule has 6 heteroatoms. The van der Waals surface area contributed by atoms with Gasteiger partial charge in [-0.25, -0.2) is 4.79 Å². The third-order valence-corrected chi connectivity index (χ3v) is 3.88. The molecule has 1 heterocycles. The van der Waals surface area contributed by atoms with Gasteiger partial charge in [-0.2, -0.15) is 0 Å². The lowest BCUT2D eigenvalue weighted by molar-refractivity contribution is -0.128. The Kier molecular flexibility index (Phi) is 3.37. The third-order valence-electron chi connectivity index (χ3n) is 3.88. The molecule has 21 heavy (non-hydrogen) atoms. The molecule has 1 saturated carbocycles. The summed E-state index contributed by atoms with van der Waals surface area (Å²) in [6.07, 6.45) is 2.46. The molecule has 110 valence electrons. The Bertz CT molecular complexity index is 592. The van der Waals surface area contributed by atoms with Gasteiger partial charge in [0.1, 0.15) is 0 Å². The second kappa shape index (κ2) is 5.20. The highest BCUT2D eigenvalue weighted by Crippen LogP contribution is 2.30. The molecule has 1 atom stereocenters. The van der Waals surface area contributed by atoms with Crippen LogP contribution in [0.3, 0.4) is 0 Å². The summed E-state index contributed by atoms with van der Waals surface area (Å²) in [5.74, 6) is -1.20. The maximum absolute atomic E-state index is 12.1. The largest absolute Gasteiger partial charge is 0.478 e. The normalized spacial score (nSPS) is 21.4. The van der Waals surface area contributed by atoms with Crippen molar-refractivity contribution in [2.75, 3.05) is 6.54 Å². The molecule has 1 aromatic carbocycles. The molecule has 0 aromatic heterocycles. The highest BCUT2D eigenvalue weighted by Gasteiger charge is 2.39. The van der Waals surface area contributed by atoms with E-state index in [-0.39, 0.29) is 23.4 Å². The van der Waals surface area contributed by atoms with Gasteiger partial charge in [-0.1, -0.05) is 0 Å². The lowest BCUT2D eigenvalue weighted by atomic mass is 10.1. The molecule has 0 radical (unpaired) electrons. The van der Waals surface area contributed by atoms with Crippen LogP contribution in [0.1, 0.15) is 40.0 Å². The van der Waals surface area contributed by atoms with Crippen molar-refractivity contribution in [1.29, 1.82) is 0 Å². The molecule has 2 amide bonds. The van der Waals surface area contributed by atoms with Crippen LogP contribution in [-0.4, -0.2) is 46.4 Å². The minimum atomic E-state index is -1.02. The SMILES string of the molecule is O=C(O)c1ccc(C(=O)NC2CC(=O)N(C3CC3)C2)cc1. The van der Waals surface area contributed by atoms with E-state index in [1.54, 1.807) is 0 Å². The Hall–Kier alpha value is -2.37. The van der Waals surface area contributed by atoms with Crippen LogP contribution in [0.5, 0.6) is 0 Å². The number of carboxylic acids is 1. The lowest BCUT2D eigenvalue weighted by Gasteiger charge is -2.16. The number of carboxylic acid groups (broad SMARTS) is 1. The molecular formula is C15H16N2O4. The molecule has 0 spiro atoms. The minimum absolute atomic E-state index is 0.101. The van der Waals surface area contributed by atoms with E-state index in [2.05, 4.69) is 5.32 Å². The molecular weight excluding hydrogens is 272 g/mol. The topological polar surface area (TPSA) is 86.7 Å². The van der Waals surface area contributed by atoms with E-state index in [1.165, 1.54) is 24.3 Å². The van der Waals surface area contributed by atoms with Crippen LogP contribution < -0.4 is 5.32 Å². The number of hydrogen-bond acceptors (Lipinski definition) is 3. The Labute approximate surface area is 121 Å². The summed E-state index contributed by atoms with van der Waals surface area (Å²) in [7, 11) is 0. The Balaban J connectivity index is 1.61. The van der Waals surface area contributed by atoms with Crippen LogP contribution in [0, 0.1) is 0 Å². The number of likely N-dealkylation sites (tertiary alicyclic amines) is 1. The highest BCUT2D eigenvalue weighted by molar-refractivity contribution is 5.96. The predicted molar refractivity (Wildman–Crippen MR) is 74.0 cm³/mol. The molecule has 2 fully saturated rings. The number of rotatable bonds is 4. The molecule has 1 saturated heterocycles. The number of amides is 2. The zero-order valence-electron chi connectivity index (χ0n) is 11.4. The number of nitrogens with one attached hydrogen (secondary N) is 1. The van der Waals surface area contributed by atoms with E-state index in [0.29, 0.717) is 24.6 Å². The van der Waals surface area contributed by atoms with E-state index < -0.39 is 5.97 Å². The fraction of sp³-hybridized carbons (Fsp3) is 0.400. The zero-order chi connectivity index (χ0) is 15.0. The third kappa shape index (κ3) is 2.89. The van der Waals surface area contributed by atoms with Gasteiger partial charge >= 0.3 is 5.97 Å². The van der Waals surface area contributed by atoms with Crippen LogP contribution in [0.15, 0.2) is 24.3 Å². The van der Waals surface area contributed by atoms with Gasteiger partial charge in [0.05, 0.1) is 11.6 Å². The number of carbonyl (C=O) groups excluding carboxylic acids is 2. The van der Waals surface area contributed by atoms with E-state index in [4.69, 9.17) is 5.11 Å². The average molecular weight is 288 g/mol. The van der Waals surface area contributed by atoms with Crippen molar-refractivity contribution in [3.8, 4) is 0 Å². The van der Waals surface area contributed by atoms with Crippen molar-refractivity contribution >= 4 is 17.8 Å². The Morgan fingerprint density at radius 1 is 1.14 bits per heavy atom. The molecule has 0 bridgehead atoms. The lowest BCUT2D eigenvalue weighted by Crippen LogP contribution is -2.37. The Morgan fingerprint density at radius 3 is 2.33 bits per heavy atom. The van der Waals surface area contributed by atoms with Gasteiger partial charge in [0.15, 0.2) is 0 Å². The maximum atomic E-state index is 12.1. The number of benzene rings is 1. The standard InChI is InChI=1S/C15H16N2O4/c18-13-7-11(8-17(13)12-5-6-12)16-14(19)9-1-3-10(4-2-9)15(20)21/h1-4,11-12H,5-8H2,(H,16,19)(H,20,21). The number of aromatic carboxylic acids is 1.